The highest BCUT2D eigenvalue weighted by Gasteiger charge is 2.55. The van der Waals surface area contributed by atoms with E-state index < -0.39 is 6.67 Å². The quantitative estimate of drug-likeness (QED) is 0.692. The van der Waals surface area contributed by atoms with Gasteiger partial charge in [-0.25, -0.2) is 4.39 Å². The number of alkyl halides is 1. The fourth-order valence-electron chi connectivity index (χ4n) is 4.65. The van der Waals surface area contributed by atoms with Crippen molar-refractivity contribution in [3.63, 3.8) is 0 Å². The fraction of sp³-hybridized carbons (Fsp3) is 0.923. The van der Waals surface area contributed by atoms with Gasteiger partial charge in [-0.15, -0.1) is 0 Å². The number of hydrogen-bond donors (Lipinski definition) is 0. The maximum Gasteiger partial charge on any atom is 0.312 e. The first-order chi connectivity index (χ1) is 7.72. The van der Waals surface area contributed by atoms with Gasteiger partial charge in [0.05, 0.1) is 5.41 Å². The van der Waals surface area contributed by atoms with Crippen LogP contribution in [0.5, 0.6) is 0 Å². The van der Waals surface area contributed by atoms with Crippen molar-refractivity contribution in [3.05, 3.63) is 0 Å². The molecule has 0 atom stereocenters. The number of ether oxygens (including phenoxy) is 1. The number of carbonyl (C=O) groups is 1. The molecule has 4 saturated carbocycles. The van der Waals surface area contributed by atoms with Gasteiger partial charge in [-0.1, -0.05) is 0 Å². The van der Waals surface area contributed by atoms with E-state index in [0.29, 0.717) is 0 Å². The summed E-state index contributed by atoms with van der Waals surface area (Å²) in [7, 11) is 0. The molecule has 0 radical (unpaired) electrons. The summed E-state index contributed by atoms with van der Waals surface area (Å²) >= 11 is 0. The van der Waals surface area contributed by atoms with Gasteiger partial charge in [0, 0.05) is 0 Å². The molecule has 0 aromatic heterocycles. The van der Waals surface area contributed by atoms with Gasteiger partial charge in [-0.3, -0.25) is 4.79 Å². The second-order valence-corrected chi connectivity index (χ2v) is 6.02. The van der Waals surface area contributed by atoms with Crippen LogP contribution in [0, 0.1) is 23.2 Å². The molecule has 0 aliphatic heterocycles. The van der Waals surface area contributed by atoms with E-state index in [-0.39, 0.29) is 18.0 Å². The highest BCUT2D eigenvalue weighted by molar-refractivity contribution is 5.77. The zero-order chi connectivity index (χ0) is 11.2. The van der Waals surface area contributed by atoms with Crippen LogP contribution in [-0.2, 0) is 9.53 Å². The number of hydrogen-bond acceptors (Lipinski definition) is 2. The fourth-order valence-corrected chi connectivity index (χ4v) is 4.65. The summed E-state index contributed by atoms with van der Waals surface area (Å²) in [5, 5.41) is 0. The van der Waals surface area contributed by atoms with Crippen LogP contribution >= 0.6 is 0 Å². The SMILES string of the molecule is O=C(OCCF)C12CC3CC(CC(C3)C1)C2. The van der Waals surface area contributed by atoms with Crippen molar-refractivity contribution < 1.29 is 13.9 Å². The van der Waals surface area contributed by atoms with Gasteiger partial charge in [0.25, 0.3) is 0 Å². The summed E-state index contributed by atoms with van der Waals surface area (Å²) in [6, 6.07) is 0. The average Bonchev–Trinajstić information content (AvgIpc) is 2.24. The molecule has 90 valence electrons. The van der Waals surface area contributed by atoms with Crippen LogP contribution in [0.2, 0.25) is 0 Å². The Morgan fingerprint density at radius 1 is 1.12 bits per heavy atom. The minimum atomic E-state index is -0.557. The van der Waals surface area contributed by atoms with E-state index in [2.05, 4.69) is 0 Å². The Kier molecular flexibility index (Phi) is 2.45. The zero-order valence-corrected chi connectivity index (χ0v) is 9.58. The Morgan fingerprint density at radius 3 is 2.06 bits per heavy atom. The molecule has 2 nitrogen and oxygen atoms in total. The summed E-state index contributed by atoms with van der Waals surface area (Å²) in [6.45, 7) is -0.612. The van der Waals surface area contributed by atoms with E-state index in [4.69, 9.17) is 4.74 Å². The summed E-state index contributed by atoms with van der Waals surface area (Å²) < 4.78 is 17.1. The third-order valence-corrected chi connectivity index (χ3v) is 4.78. The monoisotopic (exact) mass is 226 g/mol. The summed E-state index contributed by atoms with van der Waals surface area (Å²) in [4.78, 5) is 12.1. The molecule has 4 rings (SSSR count). The second kappa shape index (κ2) is 3.71. The minimum absolute atomic E-state index is 0.0550. The molecule has 0 saturated heterocycles. The van der Waals surface area contributed by atoms with Crippen LogP contribution in [0.1, 0.15) is 38.5 Å². The molecule has 0 unspecified atom stereocenters. The molecular weight excluding hydrogens is 207 g/mol. The van der Waals surface area contributed by atoms with E-state index in [1.807, 2.05) is 0 Å². The van der Waals surface area contributed by atoms with Gasteiger partial charge in [0.2, 0.25) is 0 Å². The van der Waals surface area contributed by atoms with Crippen molar-refractivity contribution in [1.82, 2.24) is 0 Å². The van der Waals surface area contributed by atoms with E-state index in [0.717, 1.165) is 37.0 Å². The Hall–Kier alpha value is -0.600. The molecular formula is C13H19FO2. The minimum Gasteiger partial charge on any atom is -0.462 e. The molecule has 0 spiro atoms. The molecule has 4 bridgehead atoms. The predicted molar refractivity (Wildman–Crippen MR) is 57.5 cm³/mol. The third-order valence-electron chi connectivity index (χ3n) is 4.78. The first kappa shape index (κ1) is 10.5. The van der Waals surface area contributed by atoms with Crippen LogP contribution in [0.25, 0.3) is 0 Å². The standard InChI is InChI=1S/C13H19FO2/c14-1-2-16-12(15)13-6-9-3-10(7-13)5-11(4-9)8-13/h9-11H,1-8H2. The Balaban J connectivity index is 1.75. The summed E-state index contributed by atoms with van der Waals surface area (Å²) in [5.74, 6) is 2.11. The molecule has 4 aliphatic rings. The second-order valence-electron chi connectivity index (χ2n) is 6.02. The molecule has 0 N–H and O–H groups in total. The lowest BCUT2D eigenvalue weighted by Crippen LogP contribution is -2.50. The highest BCUT2D eigenvalue weighted by Crippen LogP contribution is 2.60. The Morgan fingerprint density at radius 2 is 1.62 bits per heavy atom. The van der Waals surface area contributed by atoms with Gasteiger partial charge in [-0.2, -0.15) is 0 Å². The topological polar surface area (TPSA) is 26.3 Å². The van der Waals surface area contributed by atoms with E-state index in [9.17, 15) is 9.18 Å². The first-order valence-corrected chi connectivity index (χ1v) is 6.45. The number of esters is 1. The lowest BCUT2D eigenvalue weighted by atomic mass is 9.49. The van der Waals surface area contributed by atoms with Gasteiger partial charge < -0.3 is 4.74 Å². The van der Waals surface area contributed by atoms with Gasteiger partial charge in [0.15, 0.2) is 0 Å². The molecule has 3 heteroatoms. The van der Waals surface area contributed by atoms with Crippen molar-refractivity contribution in [1.29, 1.82) is 0 Å². The lowest BCUT2D eigenvalue weighted by molar-refractivity contribution is -0.171. The first-order valence-electron chi connectivity index (χ1n) is 6.45. The summed E-state index contributed by atoms with van der Waals surface area (Å²) in [5.41, 5.74) is -0.218. The largest absolute Gasteiger partial charge is 0.462 e. The third kappa shape index (κ3) is 1.56. The van der Waals surface area contributed by atoms with E-state index >= 15 is 0 Å². The smallest absolute Gasteiger partial charge is 0.312 e. The van der Waals surface area contributed by atoms with Gasteiger partial charge in [-0.05, 0) is 56.3 Å². The molecule has 4 fully saturated rings. The molecule has 0 heterocycles. The molecule has 4 aliphatic carbocycles. The zero-order valence-electron chi connectivity index (χ0n) is 9.58. The molecule has 0 aromatic rings. The van der Waals surface area contributed by atoms with Crippen molar-refractivity contribution in [2.24, 2.45) is 23.2 Å². The summed E-state index contributed by atoms with van der Waals surface area (Å²) in [6.07, 6.45) is 6.96. The predicted octanol–water partition coefficient (Wildman–Crippen LogP) is 2.72. The maximum atomic E-state index is 12.1. The Bertz CT molecular complexity index is 265. The van der Waals surface area contributed by atoms with Crippen molar-refractivity contribution in [2.75, 3.05) is 13.3 Å². The lowest BCUT2D eigenvalue weighted by Gasteiger charge is -2.55. The highest BCUT2D eigenvalue weighted by atomic mass is 19.1. The molecule has 0 aromatic carbocycles. The maximum absolute atomic E-state index is 12.1. The van der Waals surface area contributed by atoms with E-state index in [1.165, 1.54) is 19.3 Å². The van der Waals surface area contributed by atoms with Gasteiger partial charge in [0.1, 0.15) is 13.3 Å². The van der Waals surface area contributed by atoms with Crippen molar-refractivity contribution >= 4 is 5.97 Å². The molecule has 16 heavy (non-hydrogen) atoms. The number of carbonyl (C=O) groups excluding carboxylic acids is 1. The van der Waals surface area contributed by atoms with Gasteiger partial charge >= 0.3 is 5.97 Å². The number of halogens is 1. The Labute approximate surface area is 95.5 Å². The number of rotatable bonds is 3. The van der Waals surface area contributed by atoms with Crippen molar-refractivity contribution in [3.8, 4) is 0 Å². The van der Waals surface area contributed by atoms with E-state index in [1.54, 1.807) is 0 Å². The normalized spacial score (nSPS) is 44.7. The van der Waals surface area contributed by atoms with Crippen LogP contribution < -0.4 is 0 Å². The van der Waals surface area contributed by atoms with Crippen LogP contribution in [-0.4, -0.2) is 19.3 Å². The van der Waals surface area contributed by atoms with Crippen LogP contribution in [0.15, 0.2) is 0 Å². The van der Waals surface area contributed by atoms with Crippen LogP contribution in [0.3, 0.4) is 0 Å². The van der Waals surface area contributed by atoms with Crippen molar-refractivity contribution in [2.45, 2.75) is 38.5 Å². The average molecular weight is 226 g/mol. The molecule has 0 amide bonds. The van der Waals surface area contributed by atoms with Crippen LogP contribution in [0.4, 0.5) is 4.39 Å².